The molecule has 1 N–H and O–H groups in total. The van der Waals surface area contributed by atoms with Crippen molar-refractivity contribution in [1.29, 1.82) is 0 Å². The molecule has 1 heterocycles. The zero-order chi connectivity index (χ0) is 14.0. The van der Waals surface area contributed by atoms with Crippen LogP contribution in [-0.4, -0.2) is 17.0 Å². The number of hydrogen-bond donors (Lipinski definition) is 1. The number of nitrogens with zero attached hydrogens (tertiary/aromatic N) is 1. The SMILES string of the molecule is CC(C)CC1CN=C(Nc2c(Cl)cc(Cl)cc2Cl)S1. The van der Waals surface area contributed by atoms with Crippen LogP contribution >= 0.6 is 46.6 Å². The van der Waals surface area contributed by atoms with E-state index in [1.165, 1.54) is 0 Å². The molecule has 0 aromatic heterocycles. The Morgan fingerprint density at radius 3 is 2.53 bits per heavy atom. The first-order valence-corrected chi connectivity index (χ1v) is 8.09. The van der Waals surface area contributed by atoms with Crippen LogP contribution in [0.5, 0.6) is 0 Å². The molecule has 0 spiro atoms. The summed E-state index contributed by atoms with van der Waals surface area (Å²) in [5, 5.41) is 6.15. The van der Waals surface area contributed by atoms with Gasteiger partial charge in [-0.05, 0) is 24.5 Å². The molecule has 1 aliphatic rings. The molecule has 1 aromatic rings. The molecule has 0 aliphatic carbocycles. The van der Waals surface area contributed by atoms with Crippen LogP contribution in [0.3, 0.4) is 0 Å². The molecule has 0 radical (unpaired) electrons. The van der Waals surface area contributed by atoms with Crippen LogP contribution in [-0.2, 0) is 0 Å². The van der Waals surface area contributed by atoms with Crippen molar-refractivity contribution in [3.8, 4) is 0 Å². The van der Waals surface area contributed by atoms with E-state index in [0.717, 1.165) is 18.1 Å². The minimum Gasteiger partial charge on any atom is -0.333 e. The highest BCUT2D eigenvalue weighted by Gasteiger charge is 2.21. The number of benzene rings is 1. The van der Waals surface area contributed by atoms with Gasteiger partial charge in [-0.25, -0.2) is 0 Å². The molecule has 104 valence electrons. The Hall–Kier alpha value is -0.0900. The Balaban J connectivity index is 2.04. The summed E-state index contributed by atoms with van der Waals surface area (Å²) in [6.45, 7) is 5.28. The fourth-order valence-electron chi connectivity index (χ4n) is 1.90. The highest BCUT2D eigenvalue weighted by Crippen LogP contribution is 2.36. The first-order chi connectivity index (χ1) is 8.95. The average Bonchev–Trinajstić information content (AvgIpc) is 2.70. The van der Waals surface area contributed by atoms with Crippen LogP contribution in [0, 0.1) is 5.92 Å². The first-order valence-electron chi connectivity index (χ1n) is 6.08. The Morgan fingerprint density at radius 1 is 1.32 bits per heavy atom. The normalized spacial score (nSPS) is 18.8. The van der Waals surface area contributed by atoms with Gasteiger partial charge in [-0.2, -0.15) is 0 Å². The number of anilines is 1. The van der Waals surface area contributed by atoms with Gasteiger partial charge in [0.25, 0.3) is 0 Å². The zero-order valence-corrected chi connectivity index (χ0v) is 13.8. The zero-order valence-electron chi connectivity index (χ0n) is 10.7. The lowest BCUT2D eigenvalue weighted by Crippen LogP contribution is -2.10. The third kappa shape index (κ3) is 4.19. The highest BCUT2D eigenvalue weighted by atomic mass is 35.5. The van der Waals surface area contributed by atoms with E-state index in [1.54, 1.807) is 23.9 Å². The van der Waals surface area contributed by atoms with E-state index in [1.807, 2.05) is 0 Å². The molecule has 1 aromatic carbocycles. The lowest BCUT2D eigenvalue weighted by Gasteiger charge is -2.13. The average molecular weight is 338 g/mol. The quantitative estimate of drug-likeness (QED) is 0.779. The predicted octanol–water partition coefficient (Wildman–Crippen LogP) is 5.58. The van der Waals surface area contributed by atoms with E-state index in [2.05, 4.69) is 24.2 Å². The van der Waals surface area contributed by atoms with E-state index < -0.39 is 0 Å². The van der Waals surface area contributed by atoms with Crippen LogP contribution in [0.4, 0.5) is 5.69 Å². The summed E-state index contributed by atoms with van der Waals surface area (Å²) in [4.78, 5) is 4.49. The fourth-order valence-corrected chi connectivity index (χ4v) is 4.07. The number of nitrogens with one attached hydrogen (secondary N) is 1. The minimum absolute atomic E-state index is 0.508. The maximum absolute atomic E-state index is 6.14. The number of thioether (sulfide) groups is 1. The molecule has 6 heteroatoms. The van der Waals surface area contributed by atoms with Crippen molar-refractivity contribution >= 4 is 57.4 Å². The second kappa shape index (κ2) is 6.57. The number of rotatable bonds is 3. The van der Waals surface area contributed by atoms with Gasteiger partial charge in [0.1, 0.15) is 0 Å². The Morgan fingerprint density at radius 2 is 1.95 bits per heavy atom. The van der Waals surface area contributed by atoms with Gasteiger partial charge in [0.2, 0.25) is 0 Å². The van der Waals surface area contributed by atoms with E-state index in [4.69, 9.17) is 34.8 Å². The summed E-state index contributed by atoms with van der Waals surface area (Å²) < 4.78 is 0. The minimum atomic E-state index is 0.508. The summed E-state index contributed by atoms with van der Waals surface area (Å²) in [6, 6.07) is 3.34. The Labute approximate surface area is 132 Å². The Bertz CT molecular complexity index is 480. The smallest absolute Gasteiger partial charge is 0.161 e. The monoisotopic (exact) mass is 336 g/mol. The van der Waals surface area contributed by atoms with Crippen LogP contribution in [0.25, 0.3) is 0 Å². The molecular weight excluding hydrogens is 323 g/mol. The lowest BCUT2D eigenvalue weighted by molar-refractivity contribution is 0.575. The molecule has 0 saturated carbocycles. The molecule has 1 aliphatic heterocycles. The summed E-state index contributed by atoms with van der Waals surface area (Å²) in [6.07, 6.45) is 1.15. The highest BCUT2D eigenvalue weighted by molar-refractivity contribution is 8.15. The van der Waals surface area contributed by atoms with Crippen molar-refractivity contribution < 1.29 is 0 Å². The van der Waals surface area contributed by atoms with E-state index in [-0.39, 0.29) is 0 Å². The maximum Gasteiger partial charge on any atom is 0.161 e. The molecule has 0 saturated heterocycles. The maximum atomic E-state index is 6.14. The van der Waals surface area contributed by atoms with Crippen molar-refractivity contribution in [2.45, 2.75) is 25.5 Å². The van der Waals surface area contributed by atoms with Crippen molar-refractivity contribution in [1.82, 2.24) is 0 Å². The predicted molar refractivity (Wildman–Crippen MR) is 88.2 cm³/mol. The summed E-state index contributed by atoms with van der Waals surface area (Å²) in [7, 11) is 0. The van der Waals surface area contributed by atoms with Crippen LogP contribution in [0.15, 0.2) is 17.1 Å². The molecule has 19 heavy (non-hydrogen) atoms. The van der Waals surface area contributed by atoms with E-state index >= 15 is 0 Å². The van der Waals surface area contributed by atoms with Crippen molar-refractivity contribution in [3.05, 3.63) is 27.2 Å². The van der Waals surface area contributed by atoms with Crippen LogP contribution < -0.4 is 5.32 Å². The molecule has 1 atom stereocenters. The lowest BCUT2D eigenvalue weighted by atomic mass is 10.1. The fraction of sp³-hybridized carbons (Fsp3) is 0.462. The molecular formula is C13H15Cl3N2S. The third-order valence-corrected chi connectivity index (χ3v) is 4.63. The van der Waals surface area contributed by atoms with Gasteiger partial charge in [-0.1, -0.05) is 60.4 Å². The second-order valence-corrected chi connectivity index (χ2v) is 7.42. The molecule has 0 amide bonds. The van der Waals surface area contributed by atoms with Gasteiger partial charge in [-0.3, -0.25) is 4.99 Å². The Kier molecular flexibility index (Phi) is 5.29. The first kappa shape index (κ1) is 15.3. The largest absolute Gasteiger partial charge is 0.333 e. The van der Waals surface area contributed by atoms with Crippen molar-refractivity contribution in [3.63, 3.8) is 0 Å². The van der Waals surface area contributed by atoms with Crippen molar-refractivity contribution in [2.75, 3.05) is 11.9 Å². The van der Waals surface area contributed by atoms with Gasteiger partial charge < -0.3 is 5.32 Å². The molecule has 0 fully saturated rings. The van der Waals surface area contributed by atoms with E-state index in [0.29, 0.717) is 31.9 Å². The standard InChI is InChI=1S/C13H15Cl3N2S/c1-7(2)3-9-6-17-13(19-9)18-12-10(15)4-8(14)5-11(12)16/h4-5,7,9H,3,6H2,1-2H3,(H,17,18). The number of aliphatic imine (C=N–C) groups is 1. The molecule has 2 nitrogen and oxygen atoms in total. The topological polar surface area (TPSA) is 24.4 Å². The summed E-state index contributed by atoms with van der Waals surface area (Å²) in [5.74, 6) is 0.676. The third-order valence-electron chi connectivity index (χ3n) is 2.69. The summed E-state index contributed by atoms with van der Waals surface area (Å²) in [5.41, 5.74) is 0.671. The van der Waals surface area contributed by atoms with Gasteiger partial charge in [0.05, 0.1) is 22.3 Å². The van der Waals surface area contributed by atoms with Gasteiger partial charge in [0, 0.05) is 10.3 Å². The molecule has 1 unspecified atom stereocenters. The van der Waals surface area contributed by atoms with Crippen LogP contribution in [0.1, 0.15) is 20.3 Å². The van der Waals surface area contributed by atoms with Crippen LogP contribution in [0.2, 0.25) is 15.1 Å². The van der Waals surface area contributed by atoms with Crippen molar-refractivity contribution in [2.24, 2.45) is 10.9 Å². The number of hydrogen-bond acceptors (Lipinski definition) is 3. The van der Waals surface area contributed by atoms with Gasteiger partial charge in [0.15, 0.2) is 5.17 Å². The van der Waals surface area contributed by atoms with Gasteiger partial charge in [-0.15, -0.1) is 0 Å². The number of halogens is 3. The second-order valence-electron chi connectivity index (χ2n) is 4.88. The molecule has 2 rings (SSSR count). The number of amidine groups is 1. The summed E-state index contributed by atoms with van der Waals surface area (Å²) >= 11 is 19.9. The van der Waals surface area contributed by atoms with Gasteiger partial charge >= 0.3 is 0 Å². The van der Waals surface area contributed by atoms with E-state index in [9.17, 15) is 0 Å². The molecule has 0 bridgehead atoms.